The van der Waals surface area contributed by atoms with Gasteiger partial charge in [0.25, 0.3) is 0 Å². The first-order valence-corrected chi connectivity index (χ1v) is 4.47. The predicted octanol–water partition coefficient (Wildman–Crippen LogP) is 1.02. The molecule has 0 atom stereocenters. The first-order valence-electron chi connectivity index (χ1n) is 4.47. The van der Waals surface area contributed by atoms with Crippen LogP contribution in [0.2, 0.25) is 0 Å². The average Bonchev–Trinajstić information content (AvgIpc) is 2.04. The van der Waals surface area contributed by atoms with Crippen LogP contribution in [0.3, 0.4) is 0 Å². The van der Waals surface area contributed by atoms with E-state index in [0.29, 0.717) is 13.2 Å². The molecule has 4 heteroatoms. The highest BCUT2D eigenvalue weighted by Crippen LogP contribution is 2.01. The molecular weight excluding hydrogens is 168 g/mol. The third kappa shape index (κ3) is 4.12. The molecule has 0 aromatic heterocycles. The summed E-state index contributed by atoms with van der Waals surface area (Å²) in [5, 5.41) is 0. The van der Waals surface area contributed by atoms with Crippen molar-refractivity contribution in [2.75, 3.05) is 34.4 Å². The van der Waals surface area contributed by atoms with E-state index in [2.05, 4.69) is 0 Å². The van der Waals surface area contributed by atoms with Crippen molar-refractivity contribution < 1.29 is 9.53 Å². The summed E-state index contributed by atoms with van der Waals surface area (Å²) in [6, 6.07) is 0.247. The summed E-state index contributed by atoms with van der Waals surface area (Å²) in [5.41, 5.74) is 0. The fourth-order valence-electron chi connectivity index (χ4n) is 1.02. The molecule has 4 nitrogen and oxygen atoms in total. The third-order valence-corrected chi connectivity index (χ3v) is 1.79. The largest absolute Gasteiger partial charge is 0.383 e. The van der Waals surface area contributed by atoms with Gasteiger partial charge in [-0.1, -0.05) is 0 Å². The molecule has 0 aromatic rings. The molecule has 13 heavy (non-hydrogen) atoms. The van der Waals surface area contributed by atoms with Crippen molar-refractivity contribution in [2.45, 2.75) is 19.9 Å². The minimum Gasteiger partial charge on any atom is -0.383 e. The Morgan fingerprint density at radius 1 is 1.38 bits per heavy atom. The van der Waals surface area contributed by atoms with Crippen LogP contribution in [0.15, 0.2) is 0 Å². The zero-order valence-corrected chi connectivity index (χ0v) is 9.20. The summed E-state index contributed by atoms with van der Waals surface area (Å²) in [5.74, 6) is 0. The molecule has 0 aromatic carbocycles. The lowest BCUT2D eigenvalue weighted by Crippen LogP contribution is -2.44. The van der Waals surface area contributed by atoms with Crippen LogP contribution >= 0.6 is 0 Å². The summed E-state index contributed by atoms with van der Waals surface area (Å²) in [6.07, 6.45) is 0. The van der Waals surface area contributed by atoms with E-state index >= 15 is 0 Å². The van der Waals surface area contributed by atoms with Crippen molar-refractivity contribution in [3.63, 3.8) is 0 Å². The average molecular weight is 188 g/mol. The van der Waals surface area contributed by atoms with E-state index in [9.17, 15) is 4.79 Å². The normalized spacial score (nSPS) is 10.3. The Kier molecular flexibility index (Phi) is 5.46. The van der Waals surface area contributed by atoms with Crippen molar-refractivity contribution in [3.05, 3.63) is 0 Å². The fraction of sp³-hybridized carbons (Fsp3) is 0.889. The lowest BCUT2D eigenvalue weighted by atomic mass is 10.3. The Labute approximate surface area is 80.5 Å². The molecule has 0 rings (SSSR count). The van der Waals surface area contributed by atoms with E-state index in [1.54, 1.807) is 31.0 Å². The lowest BCUT2D eigenvalue weighted by Gasteiger charge is -2.29. The topological polar surface area (TPSA) is 32.8 Å². The summed E-state index contributed by atoms with van der Waals surface area (Å²) in [6.45, 7) is 5.22. The molecule has 0 radical (unpaired) electrons. The SMILES string of the molecule is COCCN(C(=O)N(C)C)C(C)C. The molecule has 0 unspecified atom stereocenters. The van der Waals surface area contributed by atoms with Crippen LogP contribution in [0.5, 0.6) is 0 Å². The molecule has 0 aliphatic carbocycles. The zero-order valence-electron chi connectivity index (χ0n) is 9.20. The van der Waals surface area contributed by atoms with E-state index in [1.807, 2.05) is 13.8 Å². The number of hydrogen-bond acceptors (Lipinski definition) is 2. The van der Waals surface area contributed by atoms with E-state index in [4.69, 9.17) is 4.74 Å². The molecule has 0 saturated carbocycles. The van der Waals surface area contributed by atoms with Crippen molar-refractivity contribution in [1.29, 1.82) is 0 Å². The molecule has 0 aliphatic rings. The van der Waals surface area contributed by atoms with E-state index < -0.39 is 0 Å². The van der Waals surface area contributed by atoms with Crippen LogP contribution in [-0.4, -0.2) is 56.2 Å². The Balaban J connectivity index is 4.16. The van der Waals surface area contributed by atoms with Crippen LogP contribution in [0.4, 0.5) is 4.79 Å². The highest BCUT2D eigenvalue weighted by molar-refractivity contribution is 5.74. The number of rotatable bonds is 4. The highest BCUT2D eigenvalue weighted by Gasteiger charge is 2.17. The lowest BCUT2D eigenvalue weighted by molar-refractivity contribution is 0.122. The second-order valence-electron chi connectivity index (χ2n) is 3.46. The van der Waals surface area contributed by atoms with Crippen molar-refractivity contribution in [2.24, 2.45) is 0 Å². The number of carbonyl (C=O) groups excluding carboxylic acids is 1. The van der Waals surface area contributed by atoms with Crippen LogP contribution in [0.1, 0.15) is 13.8 Å². The number of urea groups is 1. The van der Waals surface area contributed by atoms with Gasteiger partial charge in [-0.2, -0.15) is 0 Å². The molecule has 0 fully saturated rings. The summed E-state index contributed by atoms with van der Waals surface area (Å²) < 4.78 is 4.94. The van der Waals surface area contributed by atoms with Crippen molar-refractivity contribution >= 4 is 6.03 Å². The summed E-state index contributed by atoms with van der Waals surface area (Å²) in [7, 11) is 5.15. The van der Waals surface area contributed by atoms with Crippen LogP contribution in [0, 0.1) is 0 Å². The van der Waals surface area contributed by atoms with Gasteiger partial charge in [0.1, 0.15) is 0 Å². The molecular formula is C9H20N2O2. The molecule has 0 bridgehead atoms. The van der Waals surface area contributed by atoms with Gasteiger partial charge in [0, 0.05) is 33.8 Å². The van der Waals surface area contributed by atoms with E-state index in [-0.39, 0.29) is 12.1 Å². The van der Waals surface area contributed by atoms with E-state index in [0.717, 1.165) is 0 Å². The zero-order chi connectivity index (χ0) is 10.4. The van der Waals surface area contributed by atoms with Gasteiger partial charge in [-0.15, -0.1) is 0 Å². The Morgan fingerprint density at radius 3 is 2.23 bits per heavy atom. The maximum Gasteiger partial charge on any atom is 0.319 e. The number of amides is 2. The quantitative estimate of drug-likeness (QED) is 0.660. The number of ether oxygens (including phenoxy) is 1. The summed E-state index contributed by atoms with van der Waals surface area (Å²) in [4.78, 5) is 14.9. The van der Waals surface area contributed by atoms with Gasteiger partial charge < -0.3 is 14.5 Å². The highest BCUT2D eigenvalue weighted by atomic mass is 16.5. The maximum absolute atomic E-state index is 11.6. The molecule has 0 aliphatic heterocycles. The number of hydrogen-bond donors (Lipinski definition) is 0. The molecule has 0 spiro atoms. The Hall–Kier alpha value is -0.770. The Morgan fingerprint density at radius 2 is 1.92 bits per heavy atom. The second kappa shape index (κ2) is 5.80. The standard InChI is InChI=1S/C9H20N2O2/c1-8(2)11(6-7-13-5)9(12)10(3)4/h8H,6-7H2,1-5H3. The van der Waals surface area contributed by atoms with Crippen LogP contribution in [0.25, 0.3) is 0 Å². The van der Waals surface area contributed by atoms with Gasteiger partial charge in [0.05, 0.1) is 6.61 Å². The van der Waals surface area contributed by atoms with Crippen molar-refractivity contribution in [1.82, 2.24) is 9.80 Å². The summed E-state index contributed by atoms with van der Waals surface area (Å²) >= 11 is 0. The first-order chi connectivity index (χ1) is 6.00. The minimum absolute atomic E-state index is 0.0343. The maximum atomic E-state index is 11.6. The fourth-order valence-corrected chi connectivity index (χ4v) is 1.02. The molecule has 2 amide bonds. The molecule has 0 heterocycles. The minimum atomic E-state index is 0.0343. The number of nitrogens with zero attached hydrogens (tertiary/aromatic N) is 2. The monoisotopic (exact) mass is 188 g/mol. The molecule has 0 N–H and O–H groups in total. The molecule has 78 valence electrons. The number of carbonyl (C=O) groups is 1. The van der Waals surface area contributed by atoms with E-state index in [1.165, 1.54) is 0 Å². The van der Waals surface area contributed by atoms with Gasteiger partial charge in [0.15, 0.2) is 0 Å². The van der Waals surface area contributed by atoms with Gasteiger partial charge in [0.2, 0.25) is 0 Å². The number of methoxy groups -OCH3 is 1. The third-order valence-electron chi connectivity index (χ3n) is 1.79. The van der Waals surface area contributed by atoms with Gasteiger partial charge >= 0.3 is 6.03 Å². The van der Waals surface area contributed by atoms with Gasteiger partial charge in [-0.05, 0) is 13.8 Å². The Bertz CT molecular complexity index is 158. The smallest absolute Gasteiger partial charge is 0.319 e. The molecule has 0 saturated heterocycles. The first kappa shape index (κ1) is 12.2. The predicted molar refractivity (Wildman–Crippen MR) is 52.8 cm³/mol. The van der Waals surface area contributed by atoms with Crippen LogP contribution in [-0.2, 0) is 4.74 Å². The van der Waals surface area contributed by atoms with Gasteiger partial charge in [-0.25, -0.2) is 4.79 Å². The van der Waals surface area contributed by atoms with Crippen molar-refractivity contribution in [3.8, 4) is 0 Å². The van der Waals surface area contributed by atoms with Crippen LogP contribution < -0.4 is 0 Å². The second-order valence-corrected chi connectivity index (χ2v) is 3.46. The van der Waals surface area contributed by atoms with Gasteiger partial charge in [-0.3, -0.25) is 0 Å².